The Morgan fingerprint density at radius 2 is 2.16 bits per heavy atom. The number of ether oxygens (including phenoxy) is 2. The Morgan fingerprint density at radius 3 is 2.87 bits per heavy atom. The minimum absolute atomic E-state index is 0.0252. The van der Waals surface area contributed by atoms with Crippen LogP contribution in [-0.4, -0.2) is 39.4 Å². The highest BCUT2D eigenvalue weighted by molar-refractivity contribution is 6.31. The standard InChI is InChI=1S/C27H25ClFN5O4/c1-14-7-19(16(3)32-26(35)22-13-38-27(36)33-22)20(21(28)8-14)12-37-24-6-4-5-18-23(9-15(2)31-25(18)24)34-11-17(29)10-30-34/h4-11,16,22H,12-13H2,1-3H3,(H,32,35)(H,33,36)/t16-,22-/m0/s1. The summed E-state index contributed by atoms with van der Waals surface area (Å²) in [6, 6.07) is 9.92. The molecule has 1 saturated heterocycles. The van der Waals surface area contributed by atoms with E-state index in [0.29, 0.717) is 33.2 Å². The van der Waals surface area contributed by atoms with E-state index in [1.54, 1.807) is 6.07 Å². The van der Waals surface area contributed by atoms with Gasteiger partial charge < -0.3 is 20.1 Å². The maximum absolute atomic E-state index is 13.7. The van der Waals surface area contributed by atoms with Gasteiger partial charge in [-0.25, -0.2) is 18.9 Å². The Morgan fingerprint density at radius 1 is 1.34 bits per heavy atom. The lowest BCUT2D eigenvalue weighted by Gasteiger charge is -2.22. The van der Waals surface area contributed by atoms with Gasteiger partial charge in [0.25, 0.3) is 0 Å². The number of carbonyl (C=O) groups excluding carboxylic acids is 2. The molecule has 4 aromatic rings. The second-order valence-electron chi connectivity index (χ2n) is 9.17. The van der Waals surface area contributed by atoms with Crippen molar-refractivity contribution in [2.24, 2.45) is 0 Å². The molecule has 1 aliphatic rings. The number of aromatic nitrogens is 3. The van der Waals surface area contributed by atoms with E-state index in [1.807, 2.05) is 51.1 Å². The van der Waals surface area contributed by atoms with Gasteiger partial charge in [0.2, 0.25) is 5.91 Å². The number of nitrogens with zero attached hydrogens (tertiary/aromatic N) is 3. The predicted molar refractivity (Wildman–Crippen MR) is 139 cm³/mol. The number of amides is 2. The topological polar surface area (TPSA) is 107 Å². The predicted octanol–water partition coefficient (Wildman–Crippen LogP) is 4.69. The third-order valence-electron chi connectivity index (χ3n) is 6.27. The Labute approximate surface area is 222 Å². The second-order valence-corrected chi connectivity index (χ2v) is 9.57. The number of cyclic esters (lactones) is 1. The number of halogens is 2. The van der Waals surface area contributed by atoms with E-state index in [0.717, 1.165) is 22.7 Å². The number of hydrogen-bond acceptors (Lipinski definition) is 6. The summed E-state index contributed by atoms with van der Waals surface area (Å²) in [6.45, 7) is 5.68. The van der Waals surface area contributed by atoms with Gasteiger partial charge in [-0.2, -0.15) is 5.10 Å². The van der Waals surface area contributed by atoms with Crippen molar-refractivity contribution in [3.05, 3.63) is 82.0 Å². The highest BCUT2D eigenvalue weighted by Crippen LogP contribution is 2.32. The third-order valence-corrected chi connectivity index (χ3v) is 6.61. The largest absolute Gasteiger partial charge is 0.487 e. The SMILES string of the molecule is Cc1cc(Cl)c(COc2cccc3c(-n4cc(F)cn4)cc(C)nc23)c([C@H](C)NC(=O)[C@@H]2COC(=O)N2)c1. The zero-order chi connectivity index (χ0) is 27.0. The summed E-state index contributed by atoms with van der Waals surface area (Å²) in [7, 11) is 0. The monoisotopic (exact) mass is 537 g/mol. The average molecular weight is 538 g/mol. The lowest BCUT2D eigenvalue weighted by Crippen LogP contribution is -2.43. The molecule has 2 aromatic heterocycles. The minimum atomic E-state index is -0.757. The molecular weight excluding hydrogens is 513 g/mol. The van der Waals surface area contributed by atoms with E-state index in [-0.39, 0.29) is 19.1 Å². The molecule has 3 heterocycles. The zero-order valence-corrected chi connectivity index (χ0v) is 21.7. The molecule has 2 aromatic carbocycles. The number of alkyl carbamates (subject to hydrolysis) is 1. The Bertz CT molecular complexity index is 1560. The van der Waals surface area contributed by atoms with Crippen molar-refractivity contribution in [3.8, 4) is 11.4 Å². The van der Waals surface area contributed by atoms with E-state index < -0.39 is 24.0 Å². The van der Waals surface area contributed by atoms with Crippen molar-refractivity contribution < 1.29 is 23.5 Å². The first kappa shape index (κ1) is 25.5. The van der Waals surface area contributed by atoms with Crippen molar-refractivity contribution in [3.63, 3.8) is 0 Å². The molecule has 38 heavy (non-hydrogen) atoms. The van der Waals surface area contributed by atoms with Gasteiger partial charge in [0.1, 0.15) is 30.5 Å². The molecule has 2 atom stereocenters. The lowest BCUT2D eigenvalue weighted by molar-refractivity contribution is -0.123. The Hall–Kier alpha value is -4.18. The quantitative estimate of drug-likeness (QED) is 0.354. The van der Waals surface area contributed by atoms with Crippen LogP contribution >= 0.6 is 11.6 Å². The molecule has 9 nitrogen and oxygen atoms in total. The van der Waals surface area contributed by atoms with E-state index in [4.69, 9.17) is 21.1 Å². The summed E-state index contributed by atoms with van der Waals surface area (Å²) in [5, 5.41) is 10.7. The molecule has 2 amide bonds. The van der Waals surface area contributed by atoms with Gasteiger partial charge in [0, 0.05) is 21.7 Å². The van der Waals surface area contributed by atoms with E-state index >= 15 is 0 Å². The summed E-state index contributed by atoms with van der Waals surface area (Å²) in [5.41, 5.74) is 4.40. The molecule has 1 fully saturated rings. The van der Waals surface area contributed by atoms with Crippen molar-refractivity contribution in [2.45, 2.75) is 39.5 Å². The molecule has 0 bridgehead atoms. The van der Waals surface area contributed by atoms with Crippen LogP contribution in [0.2, 0.25) is 5.02 Å². The number of hydrogen-bond donors (Lipinski definition) is 2. The minimum Gasteiger partial charge on any atom is -0.487 e. The average Bonchev–Trinajstić information content (AvgIpc) is 3.50. The Kier molecular flexibility index (Phi) is 6.90. The van der Waals surface area contributed by atoms with Gasteiger partial charge >= 0.3 is 6.09 Å². The zero-order valence-electron chi connectivity index (χ0n) is 20.9. The molecule has 196 valence electrons. The summed E-state index contributed by atoms with van der Waals surface area (Å²) in [5.74, 6) is -0.278. The normalized spacial score (nSPS) is 15.7. The summed E-state index contributed by atoms with van der Waals surface area (Å²) in [4.78, 5) is 28.6. The number of nitrogens with one attached hydrogen (secondary N) is 2. The van der Waals surface area contributed by atoms with Crippen LogP contribution in [0.4, 0.5) is 9.18 Å². The van der Waals surface area contributed by atoms with Crippen LogP contribution in [0.5, 0.6) is 5.75 Å². The van der Waals surface area contributed by atoms with Gasteiger partial charge in [0.05, 0.1) is 24.1 Å². The van der Waals surface area contributed by atoms with E-state index in [9.17, 15) is 14.0 Å². The van der Waals surface area contributed by atoms with Crippen LogP contribution in [0.3, 0.4) is 0 Å². The highest BCUT2D eigenvalue weighted by atomic mass is 35.5. The summed E-state index contributed by atoms with van der Waals surface area (Å²) in [6.07, 6.45) is 1.83. The van der Waals surface area contributed by atoms with Gasteiger partial charge in [-0.3, -0.25) is 4.79 Å². The van der Waals surface area contributed by atoms with Crippen molar-refractivity contribution in [1.29, 1.82) is 0 Å². The number of para-hydroxylation sites is 1. The fraction of sp³-hybridized carbons (Fsp3) is 0.259. The second kappa shape index (κ2) is 10.3. The molecule has 0 radical (unpaired) electrons. The first-order chi connectivity index (χ1) is 18.2. The maximum atomic E-state index is 13.7. The molecule has 0 aliphatic carbocycles. The number of aryl methyl sites for hydroxylation is 2. The molecular formula is C27H25ClFN5O4. The van der Waals surface area contributed by atoms with Gasteiger partial charge in [-0.1, -0.05) is 29.8 Å². The smallest absolute Gasteiger partial charge is 0.407 e. The van der Waals surface area contributed by atoms with Crippen LogP contribution in [-0.2, 0) is 16.1 Å². The van der Waals surface area contributed by atoms with Crippen molar-refractivity contribution in [2.75, 3.05) is 6.61 Å². The molecule has 2 N–H and O–H groups in total. The number of rotatable bonds is 7. The van der Waals surface area contributed by atoms with Crippen LogP contribution in [0.25, 0.3) is 16.6 Å². The fourth-order valence-corrected chi connectivity index (χ4v) is 4.81. The van der Waals surface area contributed by atoms with Crippen LogP contribution < -0.4 is 15.4 Å². The summed E-state index contributed by atoms with van der Waals surface area (Å²) >= 11 is 6.65. The van der Waals surface area contributed by atoms with Gasteiger partial charge in [-0.05, 0) is 50.1 Å². The Balaban J connectivity index is 1.44. The number of fused-ring (bicyclic) bond motifs is 1. The first-order valence-corrected chi connectivity index (χ1v) is 12.3. The van der Waals surface area contributed by atoms with Gasteiger partial charge in [-0.15, -0.1) is 0 Å². The fourth-order valence-electron chi connectivity index (χ4n) is 4.47. The van der Waals surface area contributed by atoms with Crippen LogP contribution in [0.15, 0.2) is 48.8 Å². The first-order valence-electron chi connectivity index (χ1n) is 12.0. The van der Waals surface area contributed by atoms with Crippen molar-refractivity contribution >= 4 is 34.5 Å². The lowest BCUT2D eigenvalue weighted by atomic mass is 9.98. The third kappa shape index (κ3) is 5.12. The molecule has 11 heteroatoms. The maximum Gasteiger partial charge on any atom is 0.407 e. The molecule has 5 rings (SSSR count). The number of pyridine rings is 1. The van der Waals surface area contributed by atoms with E-state index in [1.165, 1.54) is 10.9 Å². The van der Waals surface area contributed by atoms with Crippen LogP contribution in [0.1, 0.15) is 35.3 Å². The number of benzene rings is 2. The number of carbonyl (C=O) groups is 2. The summed E-state index contributed by atoms with van der Waals surface area (Å²) < 4.78 is 26.2. The highest BCUT2D eigenvalue weighted by Gasteiger charge is 2.30. The molecule has 1 aliphatic heterocycles. The van der Waals surface area contributed by atoms with Crippen LogP contribution in [0, 0.1) is 19.7 Å². The van der Waals surface area contributed by atoms with Crippen molar-refractivity contribution in [1.82, 2.24) is 25.4 Å². The molecule has 0 unspecified atom stereocenters. The molecule has 0 saturated carbocycles. The van der Waals surface area contributed by atoms with E-state index in [2.05, 4.69) is 20.7 Å². The van der Waals surface area contributed by atoms with Gasteiger partial charge in [0.15, 0.2) is 5.82 Å². The molecule has 0 spiro atoms.